The molecule has 0 aliphatic carbocycles. The lowest BCUT2D eigenvalue weighted by atomic mass is 10.1. The molecule has 3 aromatic rings. The number of carbonyl (C=O) groups excluding carboxylic acids is 2. The Labute approximate surface area is 126 Å². The fraction of sp³-hybridized carbons (Fsp3) is 0.0588. The maximum atomic E-state index is 11.8. The van der Waals surface area contributed by atoms with Gasteiger partial charge in [-0.2, -0.15) is 0 Å². The first-order valence-corrected chi connectivity index (χ1v) is 6.74. The SMILES string of the molecule is Cc1cccc(Oc2ccc3[nH]cc(C(=O)C(N)=O)c3c2)c1. The van der Waals surface area contributed by atoms with E-state index in [0.717, 1.165) is 11.1 Å². The number of hydrogen-bond donors (Lipinski definition) is 2. The molecular formula is C17H14N2O3. The van der Waals surface area contributed by atoms with Crippen molar-refractivity contribution in [2.75, 3.05) is 0 Å². The third kappa shape index (κ3) is 2.56. The Hall–Kier alpha value is -3.08. The van der Waals surface area contributed by atoms with Gasteiger partial charge in [-0.3, -0.25) is 9.59 Å². The van der Waals surface area contributed by atoms with Crippen molar-refractivity contribution in [3.63, 3.8) is 0 Å². The van der Waals surface area contributed by atoms with Crippen molar-refractivity contribution in [3.8, 4) is 11.5 Å². The largest absolute Gasteiger partial charge is 0.457 e. The molecule has 2 aromatic carbocycles. The molecule has 0 atom stereocenters. The highest BCUT2D eigenvalue weighted by Crippen LogP contribution is 2.28. The molecule has 0 bridgehead atoms. The molecule has 3 N–H and O–H groups in total. The molecule has 5 heteroatoms. The zero-order valence-corrected chi connectivity index (χ0v) is 11.9. The predicted molar refractivity (Wildman–Crippen MR) is 83.1 cm³/mol. The number of fused-ring (bicyclic) bond motifs is 1. The van der Waals surface area contributed by atoms with Crippen molar-refractivity contribution in [1.82, 2.24) is 4.98 Å². The molecule has 0 fully saturated rings. The molecule has 0 saturated heterocycles. The summed E-state index contributed by atoms with van der Waals surface area (Å²) in [6.45, 7) is 1.98. The Morgan fingerprint density at radius 3 is 2.59 bits per heavy atom. The third-order valence-electron chi connectivity index (χ3n) is 3.35. The number of primary amides is 1. The maximum absolute atomic E-state index is 11.8. The highest BCUT2D eigenvalue weighted by molar-refractivity contribution is 6.44. The van der Waals surface area contributed by atoms with Crippen LogP contribution in [0.4, 0.5) is 0 Å². The molecule has 22 heavy (non-hydrogen) atoms. The van der Waals surface area contributed by atoms with Gasteiger partial charge in [-0.15, -0.1) is 0 Å². The van der Waals surface area contributed by atoms with Gasteiger partial charge in [0, 0.05) is 17.1 Å². The molecule has 1 heterocycles. The predicted octanol–water partition coefficient (Wildman–Crippen LogP) is 2.94. The van der Waals surface area contributed by atoms with E-state index >= 15 is 0 Å². The number of nitrogens with one attached hydrogen (secondary N) is 1. The molecule has 0 radical (unpaired) electrons. The summed E-state index contributed by atoms with van der Waals surface area (Å²) in [6.07, 6.45) is 1.48. The van der Waals surface area contributed by atoms with Crippen LogP contribution in [0.15, 0.2) is 48.7 Å². The number of benzene rings is 2. The van der Waals surface area contributed by atoms with Gasteiger partial charge >= 0.3 is 0 Å². The van der Waals surface area contributed by atoms with E-state index in [2.05, 4.69) is 4.98 Å². The second kappa shape index (κ2) is 5.37. The summed E-state index contributed by atoms with van der Waals surface area (Å²) >= 11 is 0. The van der Waals surface area contributed by atoms with E-state index in [1.165, 1.54) is 6.20 Å². The molecule has 5 nitrogen and oxygen atoms in total. The summed E-state index contributed by atoms with van der Waals surface area (Å²) in [6, 6.07) is 12.9. The molecule has 0 saturated carbocycles. The lowest BCUT2D eigenvalue weighted by molar-refractivity contribution is -0.114. The molecule has 1 amide bonds. The standard InChI is InChI=1S/C17H14N2O3/c1-10-3-2-4-11(7-10)22-12-5-6-15-13(8-12)14(9-19-15)16(20)17(18)21/h2-9,19H,1H3,(H2,18,21). The van der Waals surface area contributed by atoms with E-state index in [1.54, 1.807) is 18.2 Å². The molecule has 0 aliphatic rings. The number of Topliss-reactive ketones (excluding diaryl/α,β-unsaturated/α-hetero) is 1. The van der Waals surface area contributed by atoms with Crippen LogP contribution in [-0.2, 0) is 4.79 Å². The van der Waals surface area contributed by atoms with E-state index in [4.69, 9.17) is 10.5 Å². The van der Waals surface area contributed by atoms with E-state index in [-0.39, 0.29) is 5.56 Å². The van der Waals surface area contributed by atoms with Gasteiger partial charge in [0.25, 0.3) is 11.7 Å². The van der Waals surface area contributed by atoms with E-state index in [0.29, 0.717) is 16.9 Å². The smallest absolute Gasteiger partial charge is 0.289 e. The van der Waals surface area contributed by atoms with E-state index in [9.17, 15) is 9.59 Å². The first-order chi connectivity index (χ1) is 10.5. The van der Waals surface area contributed by atoms with Crippen LogP contribution in [0.5, 0.6) is 11.5 Å². The number of ether oxygens (including phenoxy) is 1. The second-order valence-electron chi connectivity index (χ2n) is 5.02. The average Bonchev–Trinajstić information content (AvgIpc) is 2.89. The Bertz CT molecular complexity index is 880. The van der Waals surface area contributed by atoms with E-state index in [1.807, 2.05) is 31.2 Å². The summed E-state index contributed by atoms with van der Waals surface area (Å²) in [5.74, 6) is -0.418. The lowest BCUT2D eigenvalue weighted by Gasteiger charge is -2.07. The zero-order chi connectivity index (χ0) is 15.7. The van der Waals surface area contributed by atoms with Crippen LogP contribution in [0.2, 0.25) is 0 Å². The van der Waals surface area contributed by atoms with Gasteiger partial charge in [0.05, 0.1) is 5.56 Å². The Morgan fingerprint density at radius 2 is 1.86 bits per heavy atom. The third-order valence-corrected chi connectivity index (χ3v) is 3.35. The first-order valence-electron chi connectivity index (χ1n) is 6.74. The van der Waals surface area contributed by atoms with Crippen molar-refractivity contribution in [2.24, 2.45) is 5.73 Å². The number of hydrogen-bond acceptors (Lipinski definition) is 3. The number of aryl methyl sites for hydroxylation is 1. The highest BCUT2D eigenvalue weighted by Gasteiger charge is 2.17. The van der Waals surface area contributed by atoms with Crippen molar-refractivity contribution in [1.29, 1.82) is 0 Å². The number of aromatic amines is 1. The van der Waals surface area contributed by atoms with Gasteiger partial charge in [-0.25, -0.2) is 0 Å². The van der Waals surface area contributed by atoms with Gasteiger partial charge in [0.1, 0.15) is 11.5 Å². The molecule has 110 valence electrons. The Balaban J connectivity index is 2.00. The van der Waals surface area contributed by atoms with Crippen LogP contribution in [0, 0.1) is 6.92 Å². The summed E-state index contributed by atoms with van der Waals surface area (Å²) < 4.78 is 5.79. The minimum absolute atomic E-state index is 0.247. The highest BCUT2D eigenvalue weighted by atomic mass is 16.5. The number of aromatic nitrogens is 1. The van der Waals surface area contributed by atoms with Gasteiger partial charge in [-0.1, -0.05) is 12.1 Å². The monoisotopic (exact) mass is 294 g/mol. The van der Waals surface area contributed by atoms with Crippen LogP contribution in [-0.4, -0.2) is 16.7 Å². The zero-order valence-electron chi connectivity index (χ0n) is 11.9. The van der Waals surface area contributed by atoms with Crippen LogP contribution >= 0.6 is 0 Å². The Kier molecular flexibility index (Phi) is 3.39. The molecule has 0 spiro atoms. The second-order valence-corrected chi connectivity index (χ2v) is 5.02. The quantitative estimate of drug-likeness (QED) is 0.573. The van der Waals surface area contributed by atoms with E-state index < -0.39 is 11.7 Å². The van der Waals surface area contributed by atoms with Gasteiger partial charge in [-0.05, 0) is 42.8 Å². The number of amides is 1. The topological polar surface area (TPSA) is 85.2 Å². The molecular weight excluding hydrogens is 280 g/mol. The van der Waals surface area contributed by atoms with Gasteiger partial charge < -0.3 is 15.5 Å². The summed E-state index contributed by atoms with van der Waals surface area (Å²) in [7, 11) is 0. The molecule has 0 aliphatic heterocycles. The summed E-state index contributed by atoms with van der Waals surface area (Å²) in [5.41, 5.74) is 7.14. The van der Waals surface area contributed by atoms with Crippen LogP contribution in [0.3, 0.4) is 0 Å². The van der Waals surface area contributed by atoms with Crippen molar-refractivity contribution >= 4 is 22.6 Å². The minimum Gasteiger partial charge on any atom is -0.457 e. The fourth-order valence-electron chi connectivity index (χ4n) is 2.30. The maximum Gasteiger partial charge on any atom is 0.289 e. The van der Waals surface area contributed by atoms with Crippen molar-refractivity contribution in [2.45, 2.75) is 6.92 Å². The van der Waals surface area contributed by atoms with Gasteiger partial charge in [0.15, 0.2) is 0 Å². The number of rotatable bonds is 4. The molecule has 3 rings (SSSR count). The number of ketones is 1. The lowest BCUT2D eigenvalue weighted by Crippen LogP contribution is -2.22. The summed E-state index contributed by atoms with van der Waals surface area (Å²) in [5, 5.41) is 0.606. The molecule has 1 aromatic heterocycles. The number of nitrogens with two attached hydrogens (primary N) is 1. The van der Waals surface area contributed by atoms with Crippen molar-refractivity contribution in [3.05, 3.63) is 59.8 Å². The average molecular weight is 294 g/mol. The van der Waals surface area contributed by atoms with Crippen LogP contribution < -0.4 is 10.5 Å². The van der Waals surface area contributed by atoms with Crippen LogP contribution in [0.1, 0.15) is 15.9 Å². The van der Waals surface area contributed by atoms with Crippen LogP contribution in [0.25, 0.3) is 10.9 Å². The minimum atomic E-state index is -0.981. The van der Waals surface area contributed by atoms with Gasteiger partial charge in [0.2, 0.25) is 0 Å². The Morgan fingerprint density at radius 1 is 1.09 bits per heavy atom. The fourth-order valence-corrected chi connectivity index (χ4v) is 2.30. The van der Waals surface area contributed by atoms with Crippen molar-refractivity contribution < 1.29 is 14.3 Å². The molecule has 0 unspecified atom stereocenters. The summed E-state index contributed by atoms with van der Waals surface area (Å²) in [4.78, 5) is 25.8. The normalized spacial score (nSPS) is 10.6. The first kappa shape index (κ1) is 13.9. The number of carbonyl (C=O) groups is 2. The number of H-pyrrole nitrogens is 1.